The molecule has 0 saturated heterocycles. The van der Waals surface area contributed by atoms with Crippen LogP contribution in [0.4, 0.5) is 0 Å². The van der Waals surface area contributed by atoms with Gasteiger partial charge in [-0.25, -0.2) is 4.98 Å². The van der Waals surface area contributed by atoms with Crippen LogP contribution in [0.2, 0.25) is 0 Å². The summed E-state index contributed by atoms with van der Waals surface area (Å²) >= 11 is 4.75. The van der Waals surface area contributed by atoms with Gasteiger partial charge in [-0.3, -0.25) is 0 Å². The molecule has 0 aliphatic carbocycles. The van der Waals surface area contributed by atoms with Gasteiger partial charge in [0, 0.05) is 5.38 Å². The van der Waals surface area contributed by atoms with Crippen molar-refractivity contribution in [1.82, 2.24) is 4.98 Å². The number of hydrogen-bond acceptors (Lipinski definition) is 3. The summed E-state index contributed by atoms with van der Waals surface area (Å²) in [5.74, 6) is 0. The first kappa shape index (κ1) is 13.5. The van der Waals surface area contributed by atoms with Crippen LogP contribution in [0.5, 0.6) is 0 Å². The van der Waals surface area contributed by atoms with E-state index in [1.54, 1.807) is 0 Å². The van der Waals surface area contributed by atoms with Gasteiger partial charge in [0.2, 0.25) is 0 Å². The summed E-state index contributed by atoms with van der Waals surface area (Å²) < 4.78 is 0.762. The predicted octanol–water partition coefficient (Wildman–Crippen LogP) is 4.65. The van der Waals surface area contributed by atoms with E-state index in [2.05, 4.69) is 33.0 Å². The molecule has 0 amide bonds. The standard InChI is InChI=1S/C16H12BrNOS/c17-14-10-20-16(18-14)15(19)13-8-6-12(7-9-13)11-4-2-1-3-5-11/h1-10,15,19H. The lowest BCUT2D eigenvalue weighted by atomic mass is 10.0. The number of hydrogen-bond donors (Lipinski definition) is 1. The first-order chi connectivity index (χ1) is 9.74. The van der Waals surface area contributed by atoms with Crippen LogP contribution >= 0.6 is 27.3 Å². The number of benzene rings is 2. The summed E-state index contributed by atoms with van der Waals surface area (Å²) in [7, 11) is 0. The van der Waals surface area contributed by atoms with Crippen LogP contribution in [0.1, 0.15) is 16.7 Å². The molecule has 1 heterocycles. The fourth-order valence-electron chi connectivity index (χ4n) is 2.02. The molecule has 0 aliphatic rings. The second-order valence-corrected chi connectivity index (χ2v) is 6.10. The van der Waals surface area contributed by atoms with Gasteiger partial charge in [0.15, 0.2) is 0 Å². The smallest absolute Gasteiger partial charge is 0.131 e. The highest BCUT2D eigenvalue weighted by atomic mass is 79.9. The molecule has 0 saturated carbocycles. The number of aliphatic hydroxyl groups is 1. The normalized spacial score (nSPS) is 12.3. The maximum atomic E-state index is 10.3. The van der Waals surface area contributed by atoms with E-state index in [1.807, 2.05) is 47.8 Å². The SMILES string of the molecule is OC(c1ccc(-c2ccccc2)cc1)c1nc(Br)cs1. The first-order valence-corrected chi connectivity index (χ1v) is 7.85. The van der Waals surface area contributed by atoms with Gasteiger partial charge in [-0.15, -0.1) is 11.3 Å². The molecule has 2 aromatic carbocycles. The zero-order valence-corrected chi connectivity index (χ0v) is 12.9. The number of rotatable bonds is 3. The maximum absolute atomic E-state index is 10.3. The van der Waals surface area contributed by atoms with Crippen molar-refractivity contribution in [3.8, 4) is 11.1 Å². The highest BCUT2D eigenvalue weighted by Crippen LogP contribution is 2.28. The Morgan fingerprint density at radius 2 is 1.60 bits per heavy atom. The van der Waals surface area contributed by atoms with E-state index in [1.165, 1.54) is 16.9 Å². The molecule has 0 radical (unpaired) electrons. The summed E-state index contributed by atoms with van der Waals surface area (Å²) in [6.45, 7) is 0. The molecule has 1 unspecified atom stereocenters. The van der Waals surface area contributed by atoms with Crippen molar-refractivity contribution in [3.63, 3.8) is 0 Å². The van der Waals surface area contributed by atoms with Crippen LogP contribution in [-0.4, -0.2) is 10.1 Å². The average molecular weight is 346 g/mol. The van der Waals surface area contributed by atoms with Gasteiger partial charge in [-0.1, -0.05) is 54.6 Å². The van der Waals surface area contributed by atoms with Crippen LogP contribution in [0.15, 0.2) is 64.6 Å². The van der Waals surface area contributed by atoms with Crippen molar-refractivity contribution in [2.75, 3.05) is 0 Å². The lowest BCUT2D eigenvalue weighted by Gasteiger charge is -2.09. The summed E-state index contributed by atoms with van der Waals surface area (Å²) in [5.41, 5.74) is 3.17. The highest BCUT2D eigenvalue weighted by molar-refractivity contribution is 9.10. The fraction of sp³-hybridized carbons (Fsp3) is 0.0625. The predicted molar refractivity (Wildman–Crippen MR) is 85.8 cm³/mol. The molecule has 1 N–H and O–H groups in total. The zero-order valence-electron chi connectivity index (χ0n) is 10.5. The first-order valence-electron chi connectivity index (χ1n) is 6.18. The highest BCUT2D eigenvalue weighted by Gasteiger charge is 2.14. The number of halogens is 1. The van der Waals surface area contributed by atoms with E-state index in [0.29, 0.717) is 5.01 Å². The number of aliphatic hydroxyl groups excluding tert-OH is 1. The molecule has 3 aromatic rings. The van der Waals surface area contributed by atoms with Crippen LogP contribution in [-0.2, 0) is 0 Å². The van der Waals surface area contributed by atoms with Crippen molar-refractivity contribution >= 4 is 27.3 Å². The Hall–Kier alpha value is -1.49. The summed E-state index contributed by atoms with van der Waals surface area (Å²) in [4.78, 5) is 4.25. The number of thiazole rings is 1. The second kappa shape index (κ2) is 5.87. The minimum Gasteiger partial charge on any atom is -0.381 e. The van der Waals surface area contributed by atoms with E-state index in [-0.39, 0.29) is 0 Å². The molecule has 4 heteroatoms. The average Bonchev–Trinajstić information content (AvgIpc) is 2.94. The van der Waals surface area contributed by atoms with Crippen LogP contribution < -0.4 is 0 Å². The Bertz CT molecular complexity index is 694. The van der Waals surface area contributed by atoms with Crippen molar-refractivity contribution in [3.05, 3.63) is 75.2 Å². The Morgan fingerprint density at radius 1 is 0.950 bits per heavy atom. The second-order valence-electron chi connectivity index (χ2n) is 4.40. The third-order valence-corrected chi connectivity index (χ3v) is 4.67. The lowest BCUT2D eigenvalue weighted by molar-refractivity contribution is 0.219. The molecule has 3 rings (SSSR count). The number of aromatic nitrogens is 1. The van der Waals surface area contributed by atoms with Crippen molar-refractivity contribution in [1.29, 1.82) is 0 Å². The zero-order chi connectivity index (χ0) is 13.9. The molecular formula is C16H12BrNOS. The fourth-order valence-corrected chi connectivity index (χ4v) is 3.30. The molecule has 2 nitrogen and oxygen atoms in total. The molecule has 20 heavy (non-hydrogen) atoms. The Labute approximate surface area is 129 Å². The number of nitrogens with zero attached hydrogens (tertiary/aromatic N) is 1. The van der Waals surface area contributed by atoms with E-state index in [9.17, 15) is 5.11 Å². The molecule has 0 fully saturated rings. The quantitative estimate of drug-likeness (QED) is 0.749. The molecule has 1 aromatic heterocycles. The third kappa shape index (κ3) is 2.82. The molecule has 0 spiro atoms. The van der Waals surface area contributed by atoms with Crippen LogP contribution in [0.25, 0.3) is 11.1 Å². The van der Waals surface area contributed by atoms with E-state index in [0.717, 1.165) is 15.7 Å². The third-order valence-electron chi connectivity index (χ3n) is 3.06. The van der Waals surface area contributed by atoms with Gasteiger partial charge < -0.3 is 5.11 Å². The summed E-state index contributed by atoms with van der Waals surface area (Å²) in [5, 5.41) is 12.9. The van der Waals surface area contributed by atoms with E-state index >= 15 is 0 Å². The van der Waals surface area contributed by atoms with Crippen molar-refractivity contribution < 1.29 is 5.11 Å². The van der Waals surface area contributed by atoms with Gasteiger partial charge in [-0.2, -0.15) is 0 Å². The molecule has 1 atom stereocenters. The van der Waals surface area contributed by atoms with E-state index in [4.69, 9.17) is 0 Å². The van der Waals surface area contributed by atoms with Crippen LogP contribution in [0.3, 0.4) is 0 Å². The van der Waals surface area contributed by atoms with Gasteiger partial charge in [-0.05, 0) is 32.6 Å². The lowest BCUT2D eigenvalue weighted by Crippen LogP contribution is -1.98. The van der Waals surface area contributed by atoms with E-state index < -0.39 is 6.10 Å². The summed E-state index contributed by atoms with van der Waals surface area (Å²) in [6.07, 6.45) is -0.670. The van der Waals surface area contributed by atoms with Gasteiger partial charge in [0.25, 0.3) is 0 Å². The van der Waals surface area contributed by atoms with Crippen molar-refractivity contribution in [2.45, 2.75) is 6.10 Å². The molecular weight excluding hydrogens is 334 g/mol. The Kier molecular flexibility index (Phi) is 3.96. The van der Waals surface area contributed by atoms with Gasteiger partial charge in [0.1, 0.15) is 15.7 Å². The molecule has 0 aliphatic heterocycles. The van der Waals surface area contributed by atoms with Crippen molar-refractivity contribution in [2.24, 2.45) is 0 Å². The Balaban J connectivity index is 1.86. The van der Waals surface area contributed by atoms with Gasteiger partial charge in [0.05, 0.1) is 0 Å². The summed E-state index contributed by atoms with van der Waals surface area (Å²) in [6, 6.07) is 18.1. The van der Waals surface area contributed by atoms with Gasteiger partial charge >= 0.3 is 0 Å². The Morgan fingerprint density at radius 3 is 2.20 bits per heavy atom. The minimum absolute atomic E-state index is 0.670. The monoisotopic (exact) mass is 345 g/mol. The largest absolute Gasteiger partial charge is 0.381 e. The van der Waals surface area contributed by atoms with Crippen LogP contribution in [0, 0.1) is 0 Å². The maximum Gasteiger partial charge on any atom is 0.131 e. The molecule has 100 valence electrons. The minimum atomic E-state index is -0.670. The molecule has 0 bridgehead atoms. The topological polar surface area (TPSA) is 33.1 Å².